The molecule has 0 bridgehead atoms. The molecular weight excluding hydrogens is 174 g/mol. The van der Waals surface area contributed by atoms with Crippen LogP contribution in [0.1, 0.15) is 37.3 Å². The van der Waals surface area contributed by atoms with Gasteiger partial charge < -0.3 is 5.32 Å². The Balaban J connectivity index is 2.44. The zero-order chi connectivity index (χ0) is 10.1. The van der Waals surface area contributed by atoms with Crippen LogP contribution in [0, 0.1) is 0 Å². The van der Waals surface area contributed by atoms with Gasteiger partial charge in [0.25, 0.3) is 0 Å². The Hall–Kier alpha value is -1.31. The summed E-state index contributed by atoms with van der Waals surface area (Å²) >= 11 is 0. The SMILES string of the molecule is CCC(C)c1cccc2c1NC(=O)C2. The van der Waals surface area contributed by atoms with Crippen LogP contribution in [0.4, 0.5) is 5.69 Å². The van der Waals surface area contributed by atoms with Gasteiger partial charge in [0.1, 0.15) is 0 Å². The monoisotopic (exact) mass is 189 g/mol. The van der Waals surface area contributed by atoms with E-state index in [4.69, 9.17) is 0 Å². The number of carbonyl (C=O) groups is 1. The molecule has 0 aromatic heterocycles. The molecule has 14 heavy (non-hydrogen) atoms. The van der Waals surface area contributed by atoms with E-state index in [0.717, 1.165) is 17.7 Å². The van der Waals surface area contributed by atoms with E-state index in [0.29, 0.717) is 12.3 Å². The second-order valence-electron chi connectivity index (χ2n) is 3.92. The second-order valence-corrected chi connectivity index (χ2v) is 3.92. The summed E-state index contributed by atoms with van der Waals surface area (Å²) in [5.74, 6) is 0.638. The third kappa shape index (κ3) is 1.41. The Labute approximate surface area is 84.3 Å². The average molecular weight is 189 g/mol. The molecular formula is C12H15NO. The number of amides is 1. The molecule has 1 aromatic carbocycles. The van der Waals surface area contributed by atoms with Gasteiger partial charge in [-0.05, 0) is 23.5 Å². The molecule has 0 radical (unpaired) electrons. The fraction of sp³-hybridized carbons (Fsp3) is 0.417. The van der Waals surface area contributed by atoms with Crippen molar-refractivity contribution in [2.45, 2.75) is 32.6 Å². The Morgan fingerprint density at radius 2 is 2.29 bits per heavy atom. The zero-order valence-electron chi connectivity index (χ0n) is 8.63. The standard InChI is InChI=1S/C12H15NO/c1-3-8(2)10-6-4-5-9-7-11(14)13-12(9)10/h4-6,8H,3,7H2,1-2H3,(H,13,14). The highest BCUT2D eigenvalue weighted by molar-refractivity contribution is 6.00. The molecule has 0 saturated heterocycles. The summed E-state index contributed by atoms with van der Waals surface area (Å²) in [5.41, 5.74) is 3.48. The van der Waals surface area contributed by atoms with Crippen LogP contribution in [0.25, 0.3) is 0 Å². The maximum Gasteiger partial charge on any atom is 0.228 e. The van der Waals surface area contributed by atoms with E-state index >= 15 is 0 Å². The van der Waals surface area contributed by atoms with E-state index in [1.165, 1.54) is 5.56 Å². The lowest BCUT2D eigenvalue weighted by Crippen LogP contribution is -2.05. The van der Waals surface area contributed by atoms with Crippen molar-refractivity contribution < 1.29 is 4.79 Å². The largest absolute Gasteiger partial charge is 0.325 e. The van der Waals surface area contributed by atoms with Crippen molar-refractivity contribution in [1.82, 2.24) is 0 Å². The molecule has 1 N–H and O–H groups in total. The molecule has 74 valence electrons. The molecule has 1 heterocycles. The van der Waals surface area contributed by atoms with E-state index in [9.17, 15) is 4.79 Å². The highest BCUT2D eigenvalue weighted by atomic mass is 16.1. The molecule has 1 unspecified atom stereocenters. The van der Waals surface area contributed by atoms with Crippen molar-refractivity contribution in [3.63, 3.8) is 0 Å². The summed E-state index contributed by atoms with van der Waals surface area (Å²) in [7, 11) is 0. The van der Waals surface area contributed by atoms with E-state index < -0.39 is 0 Å². The number of anilines is 1. The first-order valence-electron chi connectivity index (χ1n) is 5.14. The van der Waals surface area contributed by atoms with Crippen LogP contribution in [0.5, 0.6) is 0 Å². The van der Waals surface area contributed by atoms with Crippen molar-refractivity contribution >= 4 is 11.6 Å². The molecule has 2 heteroatoms. The van der Waals surface area contributed by atoms with Crippen LogP contribution in [0.3, 0.4) is 0 Å². The first-order chi connectivity index (χ1) is 6.72. The minimum Gasteiger partial charge on any atom is -0.325 e. The predicted molar refractivity (Wildman–Crippen MR) is 57.5 cm³/mol. The highest BCUT2D eigenvalue weighted by Crippen LogP contribution is 2.33. The fourth-order valence-corrected chi connectivity index (χ4v) is 1.91. The van der Waals surface area contributed by atoms with Gasteiger partial charge in [-0.1, -0.05) is 32.0 Å². The number of hydrogen-bond donors (Lipinski definition) is 1. The smallest absolute Gasteiger partial charge is 0.228 e. The van der Waals surface area contributed by atoms with Crippen molar-refractivity contribution in [1.29, 1.82) is 0 Å². The van der Waals surface area contributed by atoms with Gasteiger partial charge in [-0.25, -0.2) is 0 Å². The molecule has 0 spiro atoms. The minimum atomic E-state index is 0.121. The van der Waals surface area contributed by atoms with Gasteiger partial charge in [0, 0.05) is 5.69 Å². The molecule has 1 aliphatic rings. The summed E-state index contributed by atoms with van der Waals surface area (Å²) in [6, 6.07) is 6.18. The predicted octanol–water partition coefficient (Wildman–Crippen LogP) is 2.69. The Morgan fingerprint density at radius 1 is 1.50 bits per heavy atom. The van der Waals surface area contributed by atoms with E-state index in [-0.39, 0.29) is 5.91 Å². The van der Waals surface area contributed by atoms with E-state index in [2.05, 4.69) is 25.2 Å². The molecule has 0 fully saturated rings. The van der Waals surface area contributed by atoms with Crippen LogP contribution >= 0.6 is 0 Å². The van der Waals surface area contributed by atoms with Crippen LogP contribution in [0.15, 0.2) is 18.2 Å². The second kappa shape index (κ2) is 3.45. The van der Waals surface area contributed by atoms with Crippen molar-refractivity contribution in [3.8, 4) is 0 Å². The number of carbonyl (C=O) groups excluding carboxylic acids is 1. The molecule has 1 aliphatic heterocycles. The first kappa shape index (κ1) is 9.25. The number of para-hydroxylation sites is 1. The number of nitrogens with one attached hydrogen (secondary N) is 1. The molecule has 2 rings (SSSR count). The van der Waals surface area contributed by atoms with Gasteiger partial charge in [0.2, 0.25) is 5.91 Å². The summed E-state index contributed by atoms with van der Waals surface area (Å²) < 4.78 is 0. The zero-order valence-corrected chi connectivity index (χ0v) is 8.63. The molecule has 0 saturated carbocycles. The van der Waals surface area contributed by atoms with Gasteiger partial charge in [-0.3, -0.25) is 4.79 Å². The molecule has 2 nitrogen and oxygen atoms in total. The summed E-state index contributed by atoms with van der Waals surface area (Å²) in [6.07, 6.45) is 1.64. The van der Waals surface area contributed by atoms with Crippen LogP contribution in [-0.2, 0) is 11.2 Å². The average Bonchev–Trinajstić information content (AvgIpc) is 2.56. The maximum atomic E-state index is 11.3. The first-order valence-corrected chi connectivity index (χ1v) is 5.14. The topological polar surface area (TPSA) is 29.1 Å². The van der Waals surface area contributed by atoms with Crippen molar-refractivity contribution in [2.24, 2.45) is 0 Å². The number of benzene rings is 1. The summed E-state index contributed by atoms with van der Waals surface area (Å²) in [4.78, 5) is 11.3. The van der Waals surface area contributed by atoms with Gasteiger partial charge in [0.05, 0.1) is 6.42 Å². The fourth-order valence-electron chi connectivity index (χ4n) is 1.91. The molecule has 0 aliphatic carbocycles. The van der Waals surface area contributed by atoms with Gasteiger partial charge in [0.15, 0.2) is 0 Å². The third-order valence-electron chi connectivity index (χ3n) is 2.94. The van der Waals surface area contributed by atoms with Crippen molar-refractivity contribution in [3.05, 3.63) is 29.3 Å². The summed E-state index contributed by atoms with van der Waals surface area (Å²) in [5, 5.41) is 2.94. The lowest BCUT2D eigenvalue weighted by molar-refractivity contribution is -0.115. The Kier molecular flexibility index (Phi) is 2.28. The lowest BCUT2D eigenvalue weighted by Gasteiger charge is -2.13. The molecule has 1 atom stereocenters. The Morgan fingerprint density at radius 3 is 3.00 bits per heavy atom. The number of rotatable bonds is 2. The van der Waals surface area contributed by atoms with Crippen LogP contribution < -0.4 is 5.32 Å². The summed E-state index contributed by atoms with van der Waals surface area (Å²) in [6.45, 7) is 4.36. The number of hydrogen-bond acceptors (Lipinski definition) is 1. The molecule has 1 amide bonds. The third-order valence-corrected chi connectivity index (χ3v) is 2.94. The lowest BCUT2D eigenvalue weighted by atomic mass is 9.95. The van der Waals surface area contributed by atoms with Crippen LogP contribution in [0.2, 0.25) is 0 Å². The van der Waals surface area contributed by atoms with Crippen molar-refractivity contribution in [2.75, 3.05) is 5.32 Å². The van der Waals surface area contributed by atoms with Gasteiger partial charge >= 0.3 is 0 Å². The Bertz CT molecular complexity index is 371. The quantitative estimate of drug-likeness (QED) is 0.761. The minimum absolute atomic E-state index is 0.121. The highest BCUT2D eigenvalue weighted by Gasteiger charge is 2.21. The van der Waals surface area contributed by atoms with Crippen LogP contribution in [-0.4, -0.2) is 5.91 Å². The van der Waals surface area contributed by atoms with E-state index in [1.54, 1.807) is 0 Å². The maximum absolute atomic E-state index is 11.3. The van der Waals surface area contributed by atoms with Gasteiger partial charge in [-0.2, -0.15) is 0 Å². The normalized spacial score (nSPS) is 16.3. The van der Waals surface area contributed by atoms with E-state index in [1.807, 2.05) is 12.1 Å². The van der Waals surface area contributed by atoms with Gasteiger partial charge in [-0.15, -0.1) is 0 Å². The number of fused-ring (bicyclic) bond motifs is 1. The molecule has 1 aromatic rings.